The molecule has 0 aliphatic carbocycles. The summed E-state index contributed by atoms with van der Waals surface area (Å²) in [5.74, 6) is 1.13. The fourth-order valence-corrected chi connectivity index (χ4v) is 4.36. The average molecular weight is 396 g/mol. The number of H-pyrrole nitrogens is 1. The van der Waals surface area contributed by atoms with E-state index in [0.29, 0.717) is 23.3 Å². The van der Waals surface area contributed by atoms with E-state index in [1.807, 2.05) is 11.6 Å². The van der Waals surface area contributed by atoms with Crippen LogP contribution in [-0.2, 0) is 18.3 Å². The first-order valence-corrected chi connectivity index (χ1v) is 9.71. The van der Waals surface area contributed by atoms with E-state index in [2.05, 4.69) is 22.8 Å². The molecule has 7 heteroatoms. The highest BCUT2D eigenvalue weighted by molar-refractivity contribution is 5.94. The Morgan fingerprint density at radius 2 is 2.21 bits per heavy atom. The summed E-state index contributed by atoms with van der Waals surface area (Å²) in [7, 11) is 1.83. The molecule has 2 atom stereocenters. The van der Waals surface area contributed by atoms with E-state index < -0.39 is 23.6 Å². The van der Waals surface area contributed by atoms with Gasteiger partial charge in [-0.3, -0.25) is 4.79 Å². The molecule has 29 heavy (non-hydrogen) atoms. The molecule has 0 saturated heterocycles. The van der Waals surface area contributed by atoms with Crippen LogP contribution < -0.4 is 0 Å². The van der Waals surface area contributed by atoms with E-state index in [4.69, 9.17) is 6.42 Å². The van der Waals surface area contributed by atoms with Crippen LogP contribution in [0.15, 0.2) is 24.5 Å². The first-order valence-electron chi connectivity index (χ1n) is 9.71. The summed E-state index contributed by atoms with van der Waals surface area (Å²) in [6.45, 7) is 2.08. The molecule has 0 bridgehead atoms. The summed E-state index contributed by atoms with van der Waals surface area (Å²) >= 11 is 0. The number of hydrogen-bond acceptors (Lipinski definition) is 2. The van der Waals surface area contributed by atoms with Gasteiger partial charge in [0.25, 0.3) is 5.91 Å². The van der Waals surface area contributed by atoms with Crippen molar-refractivity contribution in [3.05, 3.63) is 53.2 Å². The summed E-state index contributed by atoms with van der Waals surface area (Å²) in [5, 5.41) is 0.506. The lowest BCUT2D eigenvalue weighted by Crippen LogP contribution is -2.48. The predicted octanol–water partition coefficient (Wildman–Crippen LogP) is 3.85. The number of imidazole rings is 1. The zero-order valence-corrected chi connectivity index (χ0v) is 16.4. The Morgan fingerprint density at radius 1 is 1.41 bits per heavy atom. The molecule has 1 N–H and O–H groups in total. The summed E-state index contributed by atoms with van der Waals surface area (Å²) in [6.07, 6.45) is 12.0. The lowest BCUT2D eigenvalue weighted by molar-refractivity contribution is -0.130. The van der Waals surface area contributed by atoms with E-state index in [-0.39, 0.29) is 11.6 Å². The minimum absolute atomic E-state index is 0.182. The number of unbranched alkanes of at least 4 members (excludes halogenated alkanes) is 1. The second-order valence-corrected chi connectivity index (χ2v) is 7.48. The zero-order chi connectivity index (χ0) is 20.7. The molecule has 3 heterocycles. The number of halogens is 2. The normalized spacial score (nSPS) is 18.7. The maximum absolute atomic E-state index is 14.5. The van der Waals surface area contributed by atoms with Gasteiger partial charge in [0.1, 0.15) is 23.5 Å². The van der Waals surface area contributed by atoms with Crippen molar-refractivity contribution in [2.24, 2.45) is 7.05 Å². The second kappa shape index (κ2) is 7.36. The number of rotatable bonds is 4. The third kappa shape index (κ3) is 3.09. The molecule has 0 unspecified atom stereocenters. The van der Waals surface area contributed by atoms with Gasteiger partial charge < -0.3 is 14.5 Å². The first kappa shape index (κ1) is 19.2. The number of aromatic nitrogens is 3. The smallest absolute Gasteiger partial charge is 0.299 e. The van der Waals surface area contributed by atoms with Crippen LogP contribution in [0.4, 0.5) is 8.78 Å². The van der Waals surface area contributed by atoms with Crippen molar-refractivity contribution >= 4 is 16.8 Å². The molecule has 2 aromatic heterocycles. The molecule has 1 aliphatic heterocycles. The molecule has 1 aliphatic rings. The van der Waals surface area contributed by atoms with Gasteiger partial charge in [-0.2, -0.15) is 0 Å². The number of aryl methyl sites for hydroxylation is 1. The van der Waals surface area contributed by atoms with Gasteiger partial charge in [-0.15, -0.1) is 6.42 Å². The van der Waals surface area contributed by atoms with E-state index >= 15 is 0 Å². The minimum atomic E-state index is -0.659. The van der Waals surface area contributed by atoms with Gasteiger partial charge in [-0.05, 0) is 30.4 Å². The van der Waals surface area contributed by atoms with Gasteiger partial charge in [0.2, 0.25) is 0 Å². The molecule has 0 fully saturated rings. The molecule has 1 amide bonds. The van der Waals surface area contributed by atoms with Crippen molar-refractivity contribution in [1.29, 1.82) is 0 Å². The summed E-state index contributed by atoms with van der Waals surface area (Å²) < 4.78 is 30.3. The molecule has 150 valence electrons. The number of carbonyl (C=O) groups is 1. The van der Waals surface area contributed by atoms with Crippen LogP contribution in [0.1, 0.15) is 49.3 Å². The molecule has 4 rings (SSSR count). The monoisotopic (exact) mass is 396 g/mol. The van der Waals surface area contributed by atoms with E-state index in [1.54, 1.807) is 17.3 Å². The largest absolute Gasteiger partial charge is 0.354 e. The van der Waals surface area contributed by atoms with Crippen LogP contribution in [-0.4, -0.2) is 31.4 Å². The Hall–Kier alpha value is -3.14. The maximum Gasteiger partial charge on any atom is 0.299 e. The van der Waals surface area contributed by atoms with Crippen molar-refractivity contribution < 1.29 is 13.6 Å². The van der Waals surface area contributed by atoms with Crippen molar-refractivity contribution in [2.45, 2.75) is 44.7 Å². The van der Waals surface area contributed by atoms with E-state index in [0.717, 1.165) is 30.9 Å². The Morgan fingerprint density at radius 3 is 2.86 bits per heavy atom. The van der Waals surface area contributed by atoms with Crippen molar-refractivity contribution in [3.8, 4) is 12.3 Å². The highest BCUT2D eigenvalue weighted by atomic mass is 19.1. The molecular formula is C22H22F2N4O. The summed E-state index contributed by atoms with van der Waals surface area (Å²) in [4.78, 5) is 22.0. The summed E-state index contributed by atoms with van der Waals surface area (Å²) in [5.41, 5.74) is 1.68. The Bertz CT molecular complexity index is 1120. The van der Waals surface area contributed by atoms with Crippen LogP contribution >= 0.6 is 0 Å². The molecule has 3 aromatic rings. The van der Waals surface area contributed by atoms with E-state index in [1.165, 1.54) is 6.07 Å². The fraction of sp³-hybridized carbons (Fsp3) is 0.364. The lowest BCUT2D eigenvalue weighted by Gasteiger charge is -2.40. The van der Waals surface area contributed by atoms with Gasteiger partial charge in [0, 0.05) is 36.9 Å². The van der Waals surface area contributed by atoms with Crippen LogP contribution in [0, 0.1) is 24.0 Å². The molecule has 1 aromatic carbocycles. The minimum Gasteiger partial charge on any atom is -0.354 e. The summed E-state index contributed by atoms with van der Waals surface area (Å²) in [6, 6.07) is 1.43. The topological polar surface area (TPSA) is 53.9 Å². The number of aromatic amines is 1. The van der Waals surface area contributed by atoms with Crippen molar-refractivity contribution in [1.82, 2.24) is 19.4 Å². The van der Waals surface area contributed by atoms with Crippen LogP contribution in [0.3, 0.4) is 0 Å². The molecule has 0 radical (unpaired) electrons. The highest BCUT2D eigenvalue weighted by Crippen LogP contribution is 2.42. The third-order valence-electron chi connectivity index (χ3n) is 5.70. The number of benzene rings is 1. The van der Waals surface area contributed by atoms with Crippen molar-refractivity contribution in [3.63, 3.8) is 0 Å². The average Bonchev–Trinajstić information content (AvgIpc) is 3.28. The molecule has 5 nitrogen and oxygen atoms in total. The van der Waals surface area contributed by atoms with Crippen LogP contribution in [0.25, 0.3) is 10.9 Å². The fourth-order valence-electron chi connectivity index (χ4n) is 4.36. The van der Waals surface area contributed by atoms with Gasteiger partial charge in [0.05, 0.1) is 11.2 Å². The number of nitrogens with zero attached hydrogens (tertiary/aromatic N) is 3. The highest BCUT2D eigenvalue weighted by Gasteiger charge is 2.41. The number of fused-ring (bicyclic) bond motifs is 3. The quantitative estimate of drug-likeness (QED) is 0.681. The molecule has 0 saturated carbocycles. The standard InChI is InChI=1S/C22H22F2N4O/c1-4-6-7-14-12-16-15-10-13(23)11-17(24)19(15)26-20(16)21(28(14)18(29)5-2)22-25-8-9-27(22)3/h2,8-11,14,21,26H,4,6-7,12H2,1,3H3/t14-,21+/m0/s1. The van der Waals surface area contributed by atoms with Gasteiger partial charge >= 0.3 is 0 Å². The van der Waals surface area contributed by atoms with Crippen molar-refractivity contribution in [2.75, 3.05) is 0 Å². The molecular weight excluding hydrogens is 374 g/mol. The first-order chi connectivity index (χ1) is 14.0. The SMILES string of the molecule is C#CC(=O)N1[C@@H](CCCC)Cc2c([nH]c3c(F)cc(F)cc23)[C@@H]1c1nccn1C. The third-order valence-corrected chi connectivity index (χ3v) is 5.70. The van der Waals surface area contributed by atoms with Gasteiger partial charge in [-0.1, -0.05) is 19.8 Å². The molecule has 0 spiro atoms. The number of terminal acetylenes is 1. The van der Waals surface area contributed by atoms with Crippen LogP contribution in [0.5, 0.6) is 0 Å². The Balaban J connectivity index is 1.99. The van der Waals surface area contributed by atoms with E-state index in [9.17, 15) is 13.6 Å². The number of hydrogen-bond donors (Lipinski definition) is 1. The Kier molecular flexibility index (Phi) is 4.87. The lowest BCUT2D eigenvalue weighted by atomic mass is 9.88. The number of amides is 1. The number of carbonyl (C=O) groups excluding carboxylic acids is 1. The zero-order valence-electron chi connectivity index (χ0n) is 16.4. The second-order valence-electron chi connectivity index (χ2n) is 7.48. The predicted molar refractivity (Wildman–Crippen MR) is 106 cm³/mol. The number of nitrogens with one attached hydrogen (secondary N) is 1. The maximum atomic E-state index is 14.5. The van der Waals surface area contributed by atoms with Crippen LogP contribution in [0.2, 0.25) is 0 Å². The Labute approximate surface area is 167 Å². The van der Waals surface area contributed by atoms with Gasteiger partial charge in [0.15, 0.2) is 0 Å². The van der Waals surface area contributed by atoms with Gasteiger partial charge in [-0.25, -0.2) is 13.8 Å².